The molecular weight excluding hydrogens is 434 g/mol. The van der Waals surface area contributed by atoms with E-state index < -0.39 is 5.78 Å². The van der Waals surface area contributed by atoms with Gasteiger partial charge in [-0.1, -0.05) is 12.1 Å². The molecule has 0 saturated heterocycles. The summed E-state index contributed by atoms with van der Waals surface area (Å²) in [4.78, 5) is 26.8. The van der Waals surface area contributed by atoms with E-state index in [1.807, 2.05) is 13.8 Å². The Morgan fingerprint density at radius 3 is 2.31 bits per heavy atom. The third-order valence-corrected chi connectivity index (χ3v) is 4.58. The molecule has 32 heavy (non-hydrogen) atoms. The van der Waals surface area contributed by atoms with Crippen LogP contribution in [0.2, 0.25) is 0 Å². The average molecular weight is 458 g/mol. The Morgan fingerprint density at radius 1 is 1.00 bits per heavy atom. The zero-order chi connectivity index (χ0) is 23.1. The van der Waals surface area contributed by atoms with Crippen LogP contribution >= 0.6 is 12.2 Å². The summed E-state index contributed by atoms with van der Waals surface area (Å²) >= 11 is 4.72. The third-order valence-electron chi connectivity index (χ3n) is 4.49. The zero-order valence-electron chi connectivity index (χ0n) is 17.7. The highest BCUT2D eigenvalue weighted by molar-refractivity contribution is 7.80. The Balaban J connectivity index is 2.08. The monoisotopic (exact) mass is 457 g/mol. The van der Waals surface area contributed by atoms with Crippen LogP contribution in [0.5, 0.6) is 11.5 Å². The number of thiocarbonyl (C=S) groups is 1. The van der Waals surface area contributed by atoms with E-state index in [0.29, 0.717) is 18.8 Å². The molecule has 1 aliphatic rings. The summed E-state index contributed by atoms with van der Waals surface area (Å²) in [6.45, 7) is 4.39. The van der Waals surface area contributed by atoms with Gasteiger partial charge in [0.05, 0.1) is 17.3 Å². The van der Waals surface area contributed by atoms with E-state index in [1.54, 1.807) is 30.3 Å². The minimum Gasteiger partial charge on any atom is -0.467 e. The van der Waals surface area contributed by atoms with Gasteiger partial charge in [0.25, 0.3) is 0 Å². The van der Waals surface area contributed by atoms with Gasteiger partial charge in [0.1, 0.15) is 11.5 Å². The number of nitrogens with two attached hydrogens (primary N) is 1. The summed E-state index contributed by atoms with van der Waals surface area (Å²) in [5.74, 6) is -0.272. The second kappa shape index (κ2) is 10.8. The Kier molecular flexibility index (Phi) is 7.87. The van der Waals surface area contributed by atoms with Crippen LogP contribution in [0.1, 0.15) is 51.3 Å². The lowest BCUT2D eigenvalue weighted by atomic mass is 9.82. The van der Waals surface area contributed by atoms with Crippen LogP contribution in [0.4, 0.5) is 0 Å². The molecule has 2 aromatic carbocycles. The first kappa shape index (κ1) is 23.3. The van der Waals surface area contributed by atoms with Crippen molar-refractivity contribution in [3.8, 4) is 11.5 Å². The number of carbonyl (C=O) groups is 2. The number of carbonyl (C=O) groups excluding carboxylic acids is 2. The van der Waals surface area contributed by atoms with Crippen molar-refractivity contribution in [2.75, 3.05) is 26.8 Å². The molecule has 3 N–H and O–H groups in total. The van der Waals surface area contributed by atoms with Gasteiger partial charge in [0, 0.05) is 24.3 Å². The molecule has 0 radical (unpaired) electrons. The molecule has 0 unspecified atom stereocenters. The highest BCUT2D eigenvalue weighted by Crippen LogP contribution is 2.38. The first-order chi connectivity index (χ1) is 15.5. The summed E-state index contributed by atoms with van der Waals surface area (Å²) < 4.78 is 21.8. The molecule has 0 amide bonds. The van der Waals surface area contributed by atoms with Crippen molar-refractivity contribution in [1.29, 1.82) is 0 Å². The maximum Gasteiger partial charge on any atom is 0.201 e. The van der Waals surface area contributed by atoms with Crippen molar-refractivity contribution >= 4 is 35.1 Å². The predicted octanol–water partition coefficient (Wildman–Crippen LogP) is 2.37. The highest BCUT2D eigenvalue weighted by Gasteiger charge is 2.35. The third kappa shape index (κ3) is 5.10. The normalized spacial score (nSPS) is 12.4. The number of fused-ring (bicyclic) bond motifs is 2. The number of nitrogens with zero attached hydrogens (tertiary/aromatic N) is 1. The first-order valence-electron chi connectivity index (χ1n) is 9.87. The average Bonchev–Trinajstić information content (AvgIpc) is 2.77. The van der Waals surface area contributed by atoms with E-state index in [4.69, 9.17) is 36.9 Å². The summed E-state index contributed by atoms with van der Waals surface area (Å²) in [5.41, 5.74) is 9.06. The van der Waals surface area contributed by atoms with Crippen LogP contribution in [0.3, 0.4) is 0 Å². The molecule has 0 heterocycles. The summed E-state index contributed by atoms with van der Waals surface area (Å²) in [7, 11) is 0. The second-order valence-corrected chi connectivity index (χ2v) is 6.96. The van der Waals surface area contributed by atoms with Gasteiger partial charge < -0.3 is 24.7 Å². The molecule has 2 aromatic rings. The van der Waals surface area contributed by atoms with Crippen LogP contribution in [0.25, 0.3) is 0 Å². The largest absolute Gasteiger partial charge is 0.467 e. The van der Waals surface area contributed by atoms with E-state index in [1.165, 1.54) is 6.21 Å². The van der Waals surface area contributed by atoms with E-state index in [2.05, 4.69) is 10.5 Å². The van der Waals surface area contributed by atoms with Gasteiger partial charge >= 0.3 is 0 Å². The fraction of sp³-hybridized carbons (Fsp3) is 0.273. The van der Waals surface area contributed by atoms with Crippen molar-refractivity contribution in [2.24, 2.45) is 10.8 Å². The second-order valence-electron chi connectivity index (χ2n) is 6.52. The Bertz CT molecular complexity index is 1070. The number of ether oxygens (including phenoxy) is 4. The van der Waals surface area contributed by atoms with Crippen molar-refractivity contribution in [3.05, 3.63) is 58.1 Å². The SMILES string of the molecule is CCOCOc1cccc2c1C(=O)c1c(OCOCC)cc(/C=N/NC(N)=S)cc1C2=O. The topological polar surface area (TPSA) is 121 Å². The summed E-state index contributed by atoms with van der Waals surface area (Å²) in [6.07, 6.45) is 1.42. The molecular formula is C22H23N3O6S. The molecule has 9 nitrogen and oxygen atoms in total. The standard InChI is InChI=1S/C22H23N3O6S/c1-3-28-11-30-16-7-5-6-14-18(16)21(27)19-15(20(14)26)8-13(10-24-25-22(23)32)9-17(19)31-12-29-4-2/h5-10H,3-4,11-12H2,1-2H3,(H3,23,25,32)/b24-10+. The first-order valence-corrected chi connectivity index (χ1v) is 10.3. The molecule has 0 bridgehead atoms. The van der Waals surface area contributed by atoms with Gasteiger partial charge in [-0.3, -0.25) is 15.0 Å². The van der Waals surface area contributed by atoms with Gasteiger partial charge in [0.15, 0.2) is 24.5 Å². The molecule has 0 fully saturated rings. The number of ketones is 2. The molecule has 0 saturated carbocycles. The Morgan fingerprint density at radius 2 is 1.66 bits per heavy atom. The van der Waals surface area contributed by atoms with Crippen LogP contribution in [-0.4, -0.2) is 49.7 Å². The zero-order valence-corrected chi connectivity index (χ0v) is 18.5. The van der Waals surface area contributed by atoms with Gasteiger partial charge in [-0.2, -0.15) is 5.10 Å². The fourth-order valence-electron chi connectivity index (χ4n) is 3.13. The van der Waals surface area contributed by atoms with Crippen molar-refractivity contribution in [2.45, 2.75) is 13.8 Å². The molecule has 168 valence electrons. The molecule has 0 spiro atoms. The lowest BCUT2D eigenvalue weighted by molar-refractivity contribution is 0.0213. The fourth-order valence-corrected chi connectivity index (χ4v) is 3.18. The quantitative estimate of drug-likeness (QED) is 0.155. The van der Waals surface area contributed by atoms with Crippen molar-refractivity contribution in [3.63, 3.8) is 0 Å². The van der Waals surface area contributed by atoms with Gasteiger partial charge in [0.2, 0.25) is 5.78 Å². The number of hydrogen-bond acceptors (Lipinski definition) is 8. The van der Waals surface area contributed by atoms with E-state index >= 15 is 0 Å². The minimum atomic E-state index is -0.391. The van der Waals surface area contributed by atoms with Crippen LogP contribution in [-0.2, 0) is 9.47 Å². The molecule has 10 heteroatoms. The predicted molar refractivity (Wildman–Crippen MR) is 122 cm³/mol. The maximum absolute atomic E-state index is 13.5. The maximum atomic E-state index is 13.5. The summed E-state index contributed by atoms with van der Waals surface area (Å²) in [6, 6.07) is 8.01. The lowest BCUT2D eigenvalue weighted by Crippen LogP contribution is -2.25. The van der Waals surface area contributed by atoms with Gasteiger partial charge in [-0.25, -0.2) is 0 Å². The smallest absolute Gasteiger partial charge is 0.201 e. The van der Waals surface area contributed by atoms with Gasteiger partial charge in [-0.05, 0) is 49.8 Å². The van der Waals surface area contributed by atoms with Gasteiger partial charge in [-0.15, -0.1) is 0 Å². The minimum absolute atomic E-state index is 0.00760. The van der Waals surface area contributed by atoms with Crippen molar-refractivity contribution < 1.29 is 28.5 Å². The number of hydrazone groups is 1. The molecule has 0 aliphatic heterocycles. The number of nitrogens with one attached hydrogen (secondary N) is 1. The number of hydrogen-bond donors (Lipinski definition) is 2. The Labute approximate surface area is 190 Å². The van der Waals surface area contributed by atoms with E-state index in [0.717, 1.165) is 0 Å². The number of benzene rings is 2. The van der Waals surface area contributed by atoms with Crippen LogP contribution < -0.4 is 20.6 Å². The van der Waals surface area contributed by atoms with Crippen LogP contribution in [0.15, 0.2) is 35.4 Å². The molecule has 3 rings (SSSR count). The molecule has 0 atom stereocenters. The summed E-state index contributed by atoms with van der Waals surface area (Å²) in [5, 5.41) is 3.91. The number of rotatable bonds is 10. The van der Waals surface area contributed by atoms with E-state index in [9.17, 15) is 9.59 Å². The van der Waals surface area contributed by atoms with E-state index in [-0.39, 0.29) is 58.2 Å². The van der Waals surface area contributed by atoms with Crippen molar-refractivity contribution in [1.82, 2.24) is 5.43 Å². The van der Waals surface area contributed by atoms with Crippen LogP contribution in [0, 0.1) is 0 Å². The molecule has 1 aliphatic carbocycles. The Hall–Kier alpha value is -3.34. The lowest BCUT2D eigenvalue weighted by Gasteiger charge is -2.23. The highest BCUT2D eigenvalue weighted by atomic mass is 32.1. The molecule has 0 aromatic heterocycles.